The number of benzene rings is 1. The van der Waals surface area contributed by atoms with Crippen molar-refractivity contribution < 1.29 is 4.79 Å². The van der Waals surface area contributed by atoms with Crippen LogP contribution < -0.4 is 5.32 Å². The maximum atomic E-state index is 12.0. The standard InChI is InChI=1S/C17H23NO/c1-13(2)7-8-14-9-11-15(12-10-14)17(19)18-16-5-3-4-6-16/h7-13,16H,3-6H2,1-2H3,(H,18,19). The summed E-state index contributed by atoms with van der Waals surface area (Å²) in [4.78, 5) is 12.0. The predicted octanol–water partition coefficient (Wildman–Crippen LogP) is 4.03. The summed E-state index contributed by atoms with van der Waals surface area (Å²) in [6.45, 7) is 4.31. The van der Waals surface area contributed by atoms with E-state index in [2.05, 4.69) is 31.3 Å². The largest absolute Gasteiger partial charge is 0.349 e. The molecule has 2 heteroatoms. The Morgan fingerprint density at radius 1 is 1.21 bits per heavy atom. The van der Waals surface area contributed by atoms with Crippen molar-refractivity contribution in [3.05, 3.63) is 41.5 Å². The first kappa shape index (κ1) is 13.9. The number of hydrogen-bond donors (Lipinski definition) is 1. The topological polar surface area (TPSA) is 29.1 Å². The van der Waals surface area contributed by atoms with Crippen molar-refractivity contribution in [2.45, 2.75) is 45.6 Å². The minimum absolute atomic E-state index is 0.0614. The Bertz CT molecular complexity index is 439. The van der Waals surface area contributed by atoms with Crippen molar-refractivity contribution in [3.63, 3.8) is 0 Å². The summed E-state index contributed by atoms with van der Waals surface area (Å²) in [5.41, 5.74) is 1.90. The van der Waals surface area contributed by atoms with Gasteiger partial charge in [0, 0.05) is 11.6 Å². The summed E-state index contributed by atoms with van der Waals surface area (Å²) in [6, 6.07) is 8.20. The summed E-state index contributed by atoms with van der Waals surface area (Å²) < 4.78 is 0. The van der Waals surface area contributed by atoms with Crippen LogP contribution in [0.3, 0.4) is 0 Å². The van der Waals surface area contributed by atoms with Gasteiger partial charge in [0.2, 0.25) is 0 Å². The minimum atomic E-state index is 0.0614. The number of hydrogen-bond acceptors (Lipinski definition) is 1. The number of nitrogens with one attached hydrogen (secondary N) is 1. The van der Waals surface area contributed by atoms with E-state index in [9.17, 15) is 4.79 Å². The number of carbonyl (C=O) groups excluding carboxylic acids is 1. The molecule has 0 atom stereocenters. The van der Waals surface area contributed by atoms with E-state index in [-0.39, 0.29) is 5.91 Å². The van der Waals surface area contributed by atoms with Crippen LogP contribution >= 0.6 is 0 Å². The van der Waals surface area contributed by atoms with E-state index >= 15 is 0 Å². The van der Waals surface area contributed by atoms with Crippen LogP contribution in [0.5, 0.6) is 0 Å². The smallest absolute Gasteiger partial charge is 0.251 e. The molecule has 1 saturated carbocycles. The molecule has 2 nitrogen and oxygen atoms in total. The first-order chi connectivity index (χ1) is 9.15. The molecule has 1 aliphatic carbocycles. The first-order valence-electron chi connectivity index (χ1n) is 7.24. The fraction of sp³-hybridized carbons (Fsp3) is 0.471. The van der Waals surface area contributed by atoms with Crippen molar-refractivity contribution in [1.29, 1.82) is 0 Å². The van der Waals surface area contributed by atoms with Gasteiger partial charge in [0.15, 0.2) is 0 Å². The number of allylic oxidation sites excluding steroid dienone is 1. The van der Waals surface area contributed by atoms with Crippen molar-refractivity contribution in [2.24, 2.45) is 5.92 Å². The van der Waals surface area contributed by atoms with Crippen LogP contribution in [-0.4, -0.2) is 11.9 Å². The van der Waals surface area contributed by atoms with Crippen LogP contribution in [0.25, 0.3) is 6.08 Å². The zero-order valence-electron chi connectivity index (χ0n) is 11.9. The van der Waals surface area contributed by atoms with E-state index in [1.54, 1.807) is 0 Å². The van der Waals surface area contributed by atoms with E-state index < -0.39 is 0 Å². The third-order valence-corrected chi connectivity index (χ3v) is 3.54. The van der Waals surface area contributed by atoms with Gasteiger partial charge in [-0.2, -0.15) is 0 Å². The summed E-state index contributed by atoms with van der Waals surface area (Å²) in [5, 5.41) is 3.11. The molecule has 0 bridgehead atoms. The zero-order valence-corrected chi connectivity index (χ0v) is 11.9. The molecule has 0 heterocycles. The minimum Gasteiger partial charge on any atom is -0.349 e. The quantitative estimate of drug-likeness (QED) is 0.867. The molecule has 19 heavy (non-hydrogen) atoms. The van der Waals surface area contributed by atoms with E-state index in [1.165, 1.54) is 12.8 Å². The molecular weight excluding hydrogens is 234 g/mol. The molecule has 1 amide bonds. The molecule has 0 radical (unpaired) electrons. The van der Waals surface area contributed by atoms with Crippen LogP contribution in [0.4, 0.5) is 0 Å². The summed E-state index contributed by atoms with van der Waals surface area (Å²) in [7, 11) is 0. The molecule has 102 valence electrons. The highest BCUT2D eigenvalue weighted by molar-refractivity contribution is 5.94. The van der Waals surface area contributed by atoms with E-state index in [1.807, 2.05) is 24.3 Å². The van der Waals surface area contributed by atoms with Crippen LogP contribution in [0.1, 0.15) is 55.5 Å². The molecule has 2 rings (SSSR count). The molecule has 0 saturated heterocycles. The molecule has 0 aromatic heterocycles. The molecule has 0 unspecified atom stereocenters. The highest BCUT2D eigenvalue weighted by atomic mass is 16.1. The van der Waals surface area contributed by atoms with Gasteiger partial charge in [-0.05, 0) is 36.5 Å². The monoisotopic (exact) mass is 257 g/mol. The van der Waals surface area contributed by atoms with Crippen LogP contribution in [0.2, 0.25) is 0 Å². The zero-order chi connectivity index (χ0) is 13.7. The lowest BCUT2D eigenvalue weighted by Crippen LogP contribution is -2.32. The van der Waals surface area contributed by atoms with Crippen molar-refractivity contribution >= 4 is 12.0 Å². The molecule has 0 aliphatic heterocycles. The van der Waals surface area contributed by atoms with Gasteiger partial charge >= 0.3 is 0 Å². The Kier molecular flexibility index (Phi) is 4.78. The van der Waals surface area contributed by atoms with Crippen LogP contribution in [0.15, 0.2) is 30.3 Å². The van der Waals surface area contributed by atoms with E-state index in [0.29, 0.717) is 12.0 Å². The van der Waals surface area contributed by atoms with Crippen molar-refractivity contribution in [3.8, 4) is 0 Å². The Hall–Kier alpha value is -1.57. The molecule has 1 aliphatic rings. The predicted molar refractivity (Wildman–Crippen MR) is 80.0 cm³/mol. The molecule has 0 spiro atoms. The van der Waals surface area contributed by atoms with Gasteiger partial charge in [-0.3, -0.25) is 4.79 Å². The molecular formula is C17H23NO. The number of amides is 1. The van der Waals surface area contributed by atoms with Crippen LogP contribution in [0, 0.1) is 5.92 Å². The highest BCUT2D eigenvalue weighted by Crippen LogP contribution is 2.18. The van der Waals surface area contributed by atoms with Gasteiger partial charge in [-0.15, -0.1) is 0 Å². The molecule has 1 aromatic rings. The van der Waals surface area contributed by atoms with Gasteiger partial charge in [0.05, 0.1) is 0 Å². The fourth-order valence-corrected chi connectivity index (χ4v) is 2.39. The van der Waals surface area contributed by atoms with Gasteiger partial charge < -0.3 is 5.32 Å². The summed E-state index contributed by atoms with van der Waals surface area (Å²) in [5.74, 6) is 0.608. The summed E-state index contributed by atoms with van der Waals surface area (Å²) in [6.07, 6.45) is 8.99. The Balaban J connectivity index is 1.95. The average molecular weight is 257 g/mol. The van der Waals surface area contributed by atoms with Crippen molar-refractivity contribution in [1.82, 2.24) is 5.32 Å². The Morgan fingerprint density at radius 2 is 1.84 bits per heavy atom. The van der Waals surface area contributed by atoms with Crippen LogP contribution in [-0.2, 0) is 0 Å². The maximum Gasteiger partial charge on any atom is 0.251 e. The highest BCUT2D eigenvalue weighted by Gasteiger charge is 2.17. The average Bonchev–Trinajstić information content (AvgIpc) is 2.89. The SMILES string of the molecule is CC(C)C=Cc1ccc(C(=O)NC2CCCC2)cc1. The lowest BCUT2D eigenvalue weighted by Gasteiger charge is -2.11. The maximum absolute atomic E-state index is 12.0. The van der Waals surface area contributed by atoms with Gasteiger partial charge in [-0.1, -0.05) is 51.0 Å². The second-order valence-electron chi connectivity index (χ2n) is 5.68. The Morgan fingerprint density at radius 3 is 2.42 bits per heavy atom. The van der Waals surface area contributed by atoms with Crippen molar-refractivity contribution in [2.75, 3.05) is 0 Å². The van der Waals surface area contributed by atoms with Gasteiger partial charge in [0.1, 0.15) is 0 Å². The van der Waals surface area contributed by atoms with E-state index in [4.69, 9.17) is 0 Å². The normalized spacial score (nSPS) is 16.4. The van der Waals surface area contributed by atoms with Gasteiger partial charge in [-0.25, -0.2) is 0 Å². The Labute approximate surface area is 115 Å². The van der Waals surface area contributed by atoms with Gasteiger partial charge in [0.25, 0.3) is 5.91 Å². The number of rotatable bonds is 4. The third-order valence-electron chi connectivity index (χ3n) is 3.54. The molecule has 1 aromatic carbocycles. The first-order valence-corrected chi connectivity index (χ1v) is 7.24. The fourth-order valence-electron chi connectivity index (χ4n) is 2.39. The number of carbonyl (C=O) groups is 1. The summed E-state index contributed by atoms with van der Waals surface area (Å²) >= 11 is 0. The van der Waals surface area contributed by atoms with E-state index in [0.717, 1.165) is 24.0 Å². The second kappa shape index (κ2) is 6.55. The molecule has 1 N–H and O–H groups in total. The third kappa shape index (κ3) is 4.23. The second-order valence-corrected chi connectivity index (χ2v) is 5.68. The lowest BCUT2D eigenvalue weighted by molar-refractivity contribution is 0.0938. The lowest BCUT2D eigenvalue weighted by atomic mass is 10.1. The molecule has 1 fully saturated rings.